The third-order valence-electron chi connectivity index (χ3n) is 4.84. The van der Waals surface area contributed by atoms with Crippen LogP contribution in [-0.2, 0) is 12.8 Å². The summed E-state index contributed by atoms with van der Waals surface area (Å²) in [6, 6.07) is 5.60. The maximum Gasteiger partial charge on any atom is 0.166 e. The van der Waals surface area contributed by atoms with E-state index in [9.17, 15) is 10.2 Å². The molecule has 0 saturated carbocycles. The molecule has 2 aromatic rings. The van der Waals surface area contributed by atoms with Crippen molar-refractivity contribution in [2.75, 3.05) is 20.8 Å². The Bertz CT molecular complexity index is 800. The molecule has 120 valence electrons. The highest BCUT2D eigenvalue weighted by molar-refractivity contribution is 5.84. The molecule has 1 atom stereocenters. The van der Waals surface area contributed by atoms with Gasteiger partial charge in [0.15, 0.2) is 23.0 Å². The molecule has 3 N–H and O–H groups in total. The summed E-state index contributed by atoms with van der Waals surface area (Å²) in [6.07, 6.45) is 1.68. The van der Waals surface area contributed by atoms with Crippen molar-refractivity contribution in [3.63, 3.8) is 0 Å². The zero-order valence-electron chi connectivity index (χ0n) is 13.1. The molecule has 0 fully saturated rings. The zero-order chi connectivity index (χ0) is 16.1. The number of aromatic hydroxyl groups is 2. The fraction of sp³-hybridized carbons (Fsp3) is 0.333. The first-order valence-electron chi connectivity index (χ1n) is 7.70. The minimum absolute atomic E-state index is 0.119. The molecule has 1 aliphatic carbocycles. The summed E-state index contributed by atoms with van der Waals surface area (Å²) in [7, 11) is 3.09. The topological polar surface area (TPSA) is 71.0 Å². The molecule has 0 saturated heterocycles. The molecule has 0 bridgehead atoms. The van der Waals surface area contributed by atoms with Gasteiger partial charge in [0.25, 0.3) is 0 Å². The van der Waals surface area contributed by atoms with Crippen LogP contribution in [0.3, 0.4) is 0 Å². The van der Waals surface area contributed by atoms with Crippen molar-refractivity contribution in [1.29, 1.82) is 0 Å². The second-order valence-corrected chi connectivity index (χ2v) is 6.02. The zero-order valence-corrected chi connectivity index (χ0v) is 13.1. The Balaban J connectivity index is 2.06. The van der Waals surface area contributed by atoms with Gasteiger partial charge in [0.05, 0.1) is 14.2 Å². The van der Waals surface area contributed by atoms with Gasteiger partial charge in [-0.05, 0) is 59.8 Å². The number of nitrogens with one attached hydrogen (secondary N) is 1. The number of fused-ring (bicyclic) bond motifs is 2. The van der Waals surface area contributed by atoms with Crippen LogP contribution < -0.4 is 14.8 Å². The Morgan fingerprint density at radius 2 is 1.83 bits per heavy atom. The van der Waals surface area contributed by atoms with Crippen molar-refractivity contribution >= 4 is 0 Å². The Morgan fingerprint density at radius 1 is 1.04 bits per heavy atom. The van der Waals surface area contributed by atoms with Gasteiger partial charge in [0.2, 0.25) is 0 Å². The van der Waals surface area contributed by atoms with Gasteiger partial charge in [-0.15, -0.1) is 0 Å². The van der Waals surface area contributed by atoms with E-state index in [2.05, 4.69) is 5.32 Å². The highest BCUT2D eigenvalue weighted by Gasteiger charge is 2.33. The Hall–Kier alpha value is -2.40. The lowest BCUT2D eigenvalue weighted by atomic mass is 9.77. The predicted octanol–water partition coefficient (Wildman–Crippen LogP) is 2.52. The van der Waals surface area contributed by atoms with E-state index in [1.54, 1.807) is 19.2 Å². The summed E-state index contributed by atoms with van der Waals surface area (Å²) in [4.78, 5) is 0. The Kier molecular flexibility index (Phi) is 3.13. The van der Waals surface area contributed by atoms with Crippen LogP contribution in [0.25, 0.3) is 11.1 Å². The van der Waals surface area contributed by atoms with Crippen molar-refractivity contribution in [3.05, 3.63) is 34.9 Å². The fourth-order valence-corrected chi connectivity index (χ4v) is 3.80. The first-order valence-corrected chi connectivity index (χ1v) is 7.70. The number of hydrogen-bond donors (Lipinski definition) is 3. The average molecular weight is 313 g/mol. The Labute approximate surface area is 134 Å². The summed E-state index contributed by atoms with van der Waals surface area (Å²) < 4.78 is 10.6. The Morgan fingerprint density at radius 3 is 2.57 bits per heavy atom. The van der Waals surface area contributed by atoms with E-state index in [4.69, 9.17) is 9.47 Å². The highest BCUT2D eigenvalue weighted by Crippen LogP contribution is 2.51. The molecular formula is C18H19NO4. The van der Waals surface area contributed by atoms with Crippen molar-refractivity contribution in [2.24, 2.45) is 0 Å². The fourth-order valence-electron chi connectivity index (χ4n) is 3.80. The van der Waals surface area contributed by atoms with E-state index >= 15 is 0 Å². The second kappa shape index (κ2) is 5.06. The van der Waals surface area contributed by atoms with Gasteiger partial charge in [-0.3, -0.25) is 0 Å². The van der Waals surface area contributed by atoms with Crippen LogP contribution in [0, 0.1) is 0 Å². The van der Waals surface area contributed by atoms with Crippen molar-refractivity contribution < 1.29 is 19.7 Å². The van der Waals surface area contributed by atoms with Crippen LogP contribution in [0.2, 0.25) is 0 Å². The molecule has 1 aliphatic heterocycles. The summed E-state index contributed by atoms with van der Waals surface area (Å²) in [5.74, 6) is 1.16. The molecule has 5 nitrogen and oxygen atoms in total. The minimum atomic E-state index is 0.119. The number of rotatable bonds is 2. The largest absolute Gasteiger partial charge is 0.504 e. The molecule has 0 amide bonds. The summed E-state index contributed by atoms with van der Waals surface area (Å²) in [5.41, 5.74) is 5.01. The first-order chi connectivity index (χ1) is 11.1. The molecule has 2 aromatic carbocycles. The van der Waals surface area contributed by atoms with Gasteiger partial charge < -0.3 is 25.0 Å². The van der Waals surface area contributed by atoms with Crippen molar-refractivity contribution in [1.82, 2.24) is 5.32 Å². The number of methoxy groups -OCH3 is 2. The molecular weight excluding hydrogens is 294 g/mol. The molecule has 23 heavy (non-hydrogen) atoms. The maximum absolute atomic E-state index is 10.7. The van der Waals surface area contributed by atoms with Gasteiger partial charge in [0.1, 0.15) is 0 Å². The van der Waals surface area contributed by atoms with Gasteiger partial charge in [-0.1, -0.05) is 0 Å². The number of hydrogen-bond acceptors (Lipinski definition) is 5. The molecule has 1 unspecified atom stereocenters. The number of ether oxygens (including phenoxy) is 2. The SMILES string of the molecule is COc1cc2c(cc1O)CC1NCCc3cc(OC)c(O)c-2c31. The van der Waals surface area contributed by atoms with E-state index in [0.29, 0.717) is 11.5 Å². The van der Waals surface area contributed by atoms with E-state index in [1.165, 1.54) is 12.7 Å². The van der Waals surface area contributed by atoms with E-state index in [0.717, 1.165) is 41.6 Å². The van der Waals surface area contributed by atoms with Crippen LogP contribution in [0.15, 0.2) is 18.2 Å². The molecule has 1 heterocycles. The second-order valence-electron chi connectivity index (χ2n) is 6.02. The normalized spacial score (nSPS) is 18.1. The van der Waals surface area contributed by atoms with E-state index in [-0.39, 0.29) is 17.5 Å². The first kappa shape index (κ1) is 14.2. The summed E-state index contributed by atoms with van der Waals surface area (Å²) in [6.45, 7) is 0.891. The molecule has 0 aromatic heterocycles. The molecule has 0 spiro atoms. The lowest BCUT2D eigenvalue weighted by Gasteiger charge is -2.35. The number of phenolic OH excluding ortho intramolecular Hbond substituents is 2. The van der Waals surface area contributed by atoms with Gasteiger partial charge in [0, 0.05) is 11.6 Å². The lowest BCUT2D eigenvalue weighted by Crippen LogP contribution is -2.33. The van der Waals surface area contributed by atoms with Gasteiger partial charge in [-0.2, -0.15) is 0 Å². The number of benzene rings is 2. The van der Waals surface area contributed by atoms with E-state index < -0.39 is 0 Å². The summed E-state index contributed by atoms with van der Waals surface area (Å²) >= 11 is 0. The molecule has 5 heteroatoms. The average Bonchev–Trinajstić information content (AvgIpc) is 2.56. The van der Waals surface area contributed by atoms with Gasteiger partial charge >= 0.3 is 0 Å². The predicted molar refractivity (Wildman–Crippen MR) is 86.5 cm³/mol. The molecule has 2 aliphatic rings. The maximum atomic E-state index is 10.7. The minimum Gasteiger partial charge on any atom is -0.504 e. The summed E-state index contributed by atoms with van der Waals surface area (Å²) in [5, 5.41) is 24.3. The standard InChI is InChI=1S/C18H19NO4/c1-22-14-8-11-10(6-13(14)20)5-12-16-9(3-4-19-12)7-15(23-2)18(21)17(11)16/h6-8,12,19-21H,3-5H2,1-2H3. The molecule has 0 radical (unpaired) electrons. The number of phenols is 2. The highest BCUT2D eigenvalue weighted by atomic mass is 16.5. The van der Waals surface area contributed by atoms with Crippen LogP contribution in [0.5, 0.6) is 23.0 Å². The van der Waals surface area contributed by atoms with Crippen LogP contribution in [-0.4, -0.2) is 31.0 Å². The van der Waals surface area contributed by atoms with Crippen LogP contribution >= 0.6 is 0 Å². The quantitative estimate of drug-likeness (QED) is 0.795. The monoisotopic (exact) mass is 313 g/mol. The third kappa shape index (κ3) is 1.96. The third-order valence-corrected chi connectivity index (χ3v) is 4.84. The van der Waals surface area contributed by atoms with Crippen LogP contribution in [0.1, 0.15) is 22.7 Å². The van der Waals surface area contributed by atoms with Gasteiger partial charge in [-0.25, -0.2) is 0 Å². The van der Waals surface area contributed by atoms with Crippen molar-refractivity contribution in [3.8, 4) is 34.1 Å². The van der Waals surface area contributed by atoms with E-state index in [1.807, 2.05) is 6.07 Å². The van der Waals surface area contributed by atoms with Crippen LogP contribution in [0.4, 0.5) is 0 Å². The lowest BCUT2D eigenvalue weighted by molar-refractivity contribution is 0.368. The smallest absolute Gasteiger partial charge is 0.166 e. The van der Waals surface area contributed by atoms with Crippen molar-refractivity contribution in [2.45, 2.75) is 18.9 Å². The molecule has 4 rings (SSSR count).